The number of aliphatic carboxylic acids is 1. The summed E-state index contributed by atoms with van der Waals surface area (Å²) in [5, 5.41) is 13.3. The second-order valence-corrected chi connectivity index (χ2v) is 4.52. The average Bonchev–Trinajstić information content (AvgIpc) is 1.98. The van der Waals surface area contributed by atoms with Crippen LogP contribution in [0.15, 0.2) is 12.7 Å². The van der Waals surface area contributed by atoms with Crippen molar-refractivity contribution in [3.63, 3.8) is 0 Å². The van der Waals surface area contributed by atoms with Crippen LogP contribution in [-0.2, 0) is 14.8 Å². The van der Waals surface area contributed by atoms with E-state index in [1.807, 2.05) is 0 Å². The molecule has 82 valence electrons. The van der Waals surface area contributed by atoms with Crippen molar-refractivity contribution in [1.82, 2.24) is 4.90 Å². The van der Waals surface area contributed by atoms with Crippen LogP contribution in [-0.4, -0.2) is 49.8 Å². The summed E-state index contributed by atoms with van der Waals surface area (Å²) in [5.41, 5.74) is 0. The molecule has 0 rings (SSSR count). The molecule has 0 atom stereocenters. The lowest BCUT2D eigenvalue weighted by molar-refractivity contribution is -0.138. The first-order chi connectivity index (χ1) is 6.35. The van der Waals surface area contributed by atoms with E-state index in [-0.39, 0.29) is 18.8 Å². The maximum Gasteiger partial charge on any atom is 0.317 e. The molecule has 0 amide bonds. The van der Waals surface area contributed by atoms with Crippen molar-refractivity contribution in [2.45, 2.75) is 0 Å². The first kappa shape index (κ1) is 13.1. The maximum absolute atomic E-state index is 10.6. The highest BCUT2D eigenvalue weighted by Crippen LogP contribution is 1.90. The number of sulfonamides is 1. The minimum Gasteiger partial charge on any atom is -0.480 e. The van der Waals surface area contributed by atoms with E-state index >= 15 is 0 Å². The van der Waals surface area contributed by atoms with E-state index in [1.165, 1.54) is 11.0 Å². The van der Waals surface area contributed by atoms with Crippen LogP contribution in [0.4, 0.5) is 0 Å². The molecule has 0 saturated heterocycles. The fourth-order valence-electron chi connectivity index (χ4n) is 0.865. The lowest BCUT2D eigenvalue weighted by Crippen LogP contribution is -2.35. The molecule has 0 aliphatic rings. The van der Waals surface area contributed by atoms with Crippen molar-refractivity contribution in [3.05, 3.63) is 12.7 Å². The molecule has 0 bridgehead atoms. The molecule has 0 aromatic carbocycles. The van der Waals surface area contributed by atoms with Gasteiger partial charge in [-0.3, -0.25) is 9.69 Å². The number of nitrogens with zero attached hydrogens (tertiary/aromatic N) is 1. The highest BCUT2D eigenvalue weighted by molar-refractivity contribution is 7.89. The number of hydrogen-bond acceptors (Lipinski definition) is 4. The molecular formula is C7H14N2O4S. The van der Waals surface area contributed by atoms with Crippen molar-refractivity contribution < 1.29 is 18.3 Å². The first-order valence-electron chi connectivity index (χ1n) is 3.90. The molecule has 0 aromatic rings. The van der Waals surface area contributed by atoms with Gasteiger partial charge in [0.1, 0.15) is 0 Å². The topological polar surface area (TPSA) is 101 Å². The highest BCUT2D eigenvalue weighted by atomic mass is 32.2. The van der Waals surface area contributed by atoms with E-state index in [0.29, 0.717) is 6.54 Å². The molecule has 14 heavy (non-hydrogen) atoms. The Bertz CT molecular complexity index is 299. The van der Waals surface area contributed by atoms with E-state index in [2.05, 4.69) is 6.58 Å². The van der Waals surface area contributed by atoms with E-state index in [1.54, 1.807) is 0 Å². The molecule has 0 saturated carbocycles. The molecule has 0 heterocycles. The molecule has 6 nitrogen and oxygen atoms in total. The monoisotopic (exact) mass is 222 g/mol. The van der Waals surface area contributed by atoms with Crippen LogP contribution in [0, 0.1) is 0 Å². The normalized spacial score (nSPS) is 11.6. The van der Waals surface area contributed by atoms with Gasteiger partial charge in [-0.05, 0) is 0 Å². The van der Waals surface area contributed by atoms with Crippen LogP contribution in [0.25, 0.3) is 0 Å². The Morgan fingerprint density at radius 3 is 2.50 bits per heavy atom. The van der Waals surface area contributed by atoms with Crippen molar-refractivity contribution >= 4 is 16.0 Å². The Hall–Kier alpha value is -0.920. The van der Waals surface area contributed by atoms with Gasteiger partial charge < -0.3 is 5.11 Å². The fraction of sp³-hybridized carbons (Fsp3) is 0.571. The average molecular weight is 222 g/mol. The predicted octanol–water partition coefficient (Wildman–Crippen LogP) is -1.15. The van der Waals surface area contributed by atoms with Gasteiger partial charge in [-0.2, -0.15) is 0 Å². The van der Waals surface area contributed by atoms with Gasteiger partial charge in [-0.15, -0.1) is 6.58 Å². The third-order valence-electron chi connectivity index (χ3n) is 1.44. The molecule has 0 fully saturated rings. The van der Waals surface area contributed by atoms with Crippen molar-refractivity contribution in [2.75, 3.05) is 25.4 Å². The van der Waals surface area contributed by atoms with Crippen LogP contribution in [0.2, 0.25) is 0 Å². The second-order valence-electron chi connectivity index (χ2n) is 2.78. The van der Waals surface area contributed by atoms with E-state index in [4.69, 9.17) is 10.2 Å². The van der Waals surface area contributed by atoms with Gasteiger partial charge in [0.2, 0.25) is 10.0 Å². The van der Waals surface area contributed by atoms with Crippen molar-refractivity contribution in [3.8, 4) is 0 Å². The SMILES string of the molecule is C=CCN(CCS(N)(=O)=O)CC(=O)O. The molecule has 0 aliphatic heterocycles. The lowest BCUT2D eigenvalue weighted by atomic mass is 10.4. The van der Waals surface area contributed by atoms with Crippen LogP contribution in [0.1, 0.15) is 0 Å². The standard InChI is InChI=1S/C7H14N2O4S/c1-2-3-9(6-7(10)11)4-5-14(8,12)13/h2H,1,3-6H2,(H,10,11)(H2,8,12,13). The summed E-state index contributed by atoms with van der Waals surface area (Å²) in [4.78, 5) is 11.8. The van der Waals surface area contributed by atoms with Crippen molar-refractivity contribution in [1.29, 1.82) is 0 Å². The van der Waals surface area contributed by atoms with Crippen LogP contribution < -0.4 is 5.14 Å². The zero-order valence-corrected chi connectivity index (χ0v) is 8.53. The molecule has 0 aromatic heterocycles. The van der Waals surface area contributed by atoms with E-state index in [9.17, 15) is 13.2 Å². The van der Waals surface area contributed by atoms with Gasteiger partial charge in [-0.25, -0.2) is 13.6 Å². The largest absolute Gasteiger partial charge is 0.480 e. The summed E-state index contributed by atoms with van der Waals surface area (Å²) in [6.07, 6.45) is 1.51. The molecular weight excluding hydrogens is 208 g/mol. The Morgan fingerprint density at radius 2 is 2.14 bits per heavy atom. The Labute approximate surface area is 83.1 Å². The quantitative estimate of drug-likeness (QED) is 0.529. The maximum atomic E-state index is 10.6. The van der Waals surface area contributed by atoms with Crippen LogP contribution in [0.3, 0.4) is 0 Å². The number of carboxylic acids is 1. The third-order valence-corrected chi connectivity index (χ3v) is 2.19. The summed E-state index contributed by atoms with van der Waals surface area (Å²) in [7, 11) is -3.54. The number of carbonyl (C=O) groups is 1. The van der Waals surface area contributed by atoms with E-state index < -0.39 is 16.0 Å². The molecule has 0 unspecified atom stereocenters. The Kier molecular flexibility index (Phi) is 5.36. The smallest absolute Gasteiger partial charge is 0.317 e. The Balaban J connectivity index is 4.09. The summed E-state index contributed by atoms with van der Waals surface area (Å²) < 4.78 is 21.2. The number of rotatable bonds is 7. The zero-order chi connectivity index (χ0) is 11.2. The van der Waals surface area contributed by atoms with Crippen molar-refractivity contribution in [2.24, 2.45) is 5.14 Å². The predicted molar refractivity (Wildman–Crippen MR) is 52.2 cm³/mol. The van der Waals surface area contributed by atoms with Gasteiger partial charge in [-0.1, -0.05) is 6.08 Å². The summed E-state index contributed by atoms with van der Waals surface area (Å²) in [6, 6.07) is 0. The van der Waals surface area contributed by atoms with Gasteiger partial charge >= 0.3 is 5.97 Å². The van der Waals surface area contributed by atoms with Gasteiger partial charge in [0.15, 0.2) is 0 Å². The first-order valence-corrected chi connectivity index (χ1v) is 5.62. The van der Waals surface area contributed by atoms with Gasteiger partial charge in [0.05, 0.1) is 12.3 Å². The number of hydrogen-bond donors (Lipinski definition) is 2. The summed E-state index contributed by atoms with van der Waals surface area (Å²) in [5.74, 6) is -1.27. The lowest BCUT2D eigenvalue weighted by Gasteiger charge is -2.16. The Morgan fingerprint density at radius 1 is 1.57 bits per heavy atom. The summed E-state index contributed by atoms with van der Waals surface area (Å²) in [6.45, 7) is 3.63. The zero-order valence-electron chi connectivity index (χ0n) is 7.72. The van der Waals surface area contributed by atoms with Crippen LogP contribution >= 0.6 is 0 Å². The molecule has 0 spiro atoms. The second kappa shape index (κ2) is 5.74. The number of carboxylic acid groups (broad SMARTS) is 1. The molecule has 3 N–H and O–H groups in total. The fourth-order valence-corrected chi connectivity index (χ4v) is 1.38. The third kappa shape index (κ3) is 7.71. The number of nitrogens with two attached hydrogens (primary N) is 1. The summed E-state index contributed by atoms with van der Waals surface area (Å²) >= 11 is 0. The van der Waals surface area contributed by atoms with E-state index in [0.717, 1.165) is 0 Å². The number of primary sulfonamides is 1. The minimum absolute atomic E-state index is 0.0944. The minimum atomic E-state index is -3.54. The molecule has 7 heteroatoms. The van der Waals surface area contributed by atoms with Gasteiger partial charge in [0, 0.05) is 13.1 Å². The van der Waals surface area contributed by atoms with Crippen LogP contribution in [0.5, 0.6) is 0 Å². The molecule has 0 aliphatic carbocycles. The molecule has 0 radical (unpaired) electrons. The van der Waals surface area contributed by atoms with Gasteiger partial charge in [0.25, 0.3) is 0 Å². The highest BCUT2D eigenvalue weighted by Gasteiger charge is 2.11.